The van der Waals surface area contributed by atoms with E-state index in [1.54, 1.807) is 0 Å². The van der Waals surface area contributed by atoms with Crippen LogP contribution in [0.4, 0.5) is 4.79 Å². The van der Waals surface area contributed by atoms with Crippen molar-refractivity contribution in [2.24, 2.45) is 10.3 Å². The topological polar surface area (TPSA) is 77.4 Å². The first-order chi connectivity index (χ1) is 14.2. The molecule has 0 bridgehead atoms. The molecule has 1 saturated heterocycles. The SMILES string of the molecule is Cl.O=NN(CCCl)C(=O)NC1CCCCC1.c1ccc([C@H]2CN3CCSC3=N2)cc1. The molecule has 1 saturated carbocycles. The van der Waals surface area contributed by atoms with Gasteiger partial charge in [0.15, 0.2) is 5.17 Å². The van der Waals surface area contributed by atoms with Crippen molar-refractivity contribution in [3.8, 4) is 0 Å². The average Bonchev–Trinajstić information content (AvgIpc) is 3.36. The van der Waals surface area contributed by atoms with E-state index in [4.69, 9.17) is 16.6 Å². The molecule has 30 heavy (non-hydrogen) atoms. The van der Waals surface area contributed by atoms with E-state index in [-0.39, 0.29) is 30.9 Å². The maximum atomic E-state index is 11.5. The third-order valence-corrected chi connectivity index (χ3v) is 6.45. The molecule has 0 radical (unpaired) electrons. The predicted molar refractivity (Wildman–Crippen MR) is 127 cm³/mol. The normalized spacial score (nSPS) is 20.2. The van der Waals surface area contributed by atoms with Crippen LogP contribution in [0.5, 0.6) is 0 Å². The standard InChI is InChI=1S/C11H12N2S.C9H16ClN3O2.ClH/c1-2-4-9(5-3-1)10-8-13-6-7-14-11(13)12-10;10-6-7-13(12-15)9(14)11-8-4-2-1-3-5-8;/h1-5,10H,6-8H2;8H,1-7H2,(H,11,14);1H/t10-;;/m1../s1. The summed E-state index contributed by atoms with van der Waals surface area (Å²) in [6.45, 7) is 2.41. The Bertz CT molecular complexity index is 704. The van der Waals surface area contributed by atoms with Crippen molar-refractivity contribution in [3.05, 3.63) is 40.8 Å². The molecule has 10 heteroatoms. The van der Waals surface area contributed by atoms with Crippen molar-refractivity contribution in [2.45, 2.75) is 44.2 Å². The Hall–Kier alpha value is -1.51. The zero-order chi connectivity index (χ0) is 20.5. The van der Waals surface area contributed by atoms with E-state index in [1.807, 2.05) is 11.8 Å². The van der Waals surface area contributed by atoms with Gasteiger partial charge >= 0.3 is 6.03 Å². The largest absolute Gasteiger partial charge is 0.348 e. The lowest BCUT2D eigenvalue weighted by molar-refractivity contribution is 0.194. The van der Waals surface area contributed by atoms with E-state index in [0.29, 0.717) is 6.04 Å². The lowest BCUT2D eigenvalue weighted by Crippen LogP contribution is -2.43. The maximum Gasteiger partial charge on any atom is 0.340 e. The summed E-state index contributed by atoms with van der Waals surface area (Å²) in [4.78, 5) is 28.9. The number of benzene rings is 1. The number of nitroso groups, excluding NO2 is 1. The zero-order valence-electron chi connectivity index (χ0n) is 16.9. The number of hydrogen-bond donors (Lipinski definition) is 1. The second-order valence-electron chi connectivity index (χ2n) is 7.31. The lowest BCUT2D eigenvalue weighted by atomic mass is 9.96. The maximum absolute atomic E-state index is 11.5. The summed E-state index contributed by atoms with van der Waals surface area (Å²) in [6.07, 6.45) is 5.46. The molecule has 1 aliphatic carbocycles. The number of thioether (sulfide) groups is 1. The molecule has 1 aromatic rings. The summed E-state index contributed by atoms with van der Waals surface area (Å²) in [5.41, 5.74) is 1.34. The minimum atomic E-state index is -0.433. The van der Waals surface area contributed by atoms with Crippen LogP contribution in [0.15, 0.2) is 40.6 Å². The summed E-state index contributed by atoms with van der Waals surface area (Å²) in [6, 6.07) is 10.7. The summed E-state index contributed by atoms with van der Waals surface area (Å²) in [7, 11) is 0. The summed E-state index contributed by atoms with van der Waals surface area (Å²) >= 11 is 7.33. The highest BCUT2D eigenvalue weighted by Gasteiger charge is 2.29. The zero-order valence-corrected chi connectivity index (χ0v) is 19.3. The van der Waals surface area contributed by atoms with Crippen LogP contribution in [-0.2, 0) is 0 Å². The molecule has 2 heterocycles. The van der Waals surface area contributed by atoms with Crippen LogP contribution in [0.1, 0.15) is 43.7 Å². The number of nitrogens with one attached hydrogen (secondary N) is 1. The first-order valence-electron chi connectivity index (χ1n) is 10.2. The van der Waals surface area contributed by atoms with Gasteiger partial charge in [0.25, 0.3) is 0 Å². The van der Waals surface area contributed by atoms with Gasteiger partial charge in [-0.05, 0) is 18.4 Å². The minimum absolute atomic E-state index is 0. The Balaban J connectivity index is 0.000000207. The van der Waals surface area contributed by atoms with Crippen LogP contribution in [0, 0.1) is 4.91 Å². The molecule has 7 nitrogen and oxygen atoms in total. The van der Waals surface area contributed by atoms with Crippen molar-refractivity contribution in [3.63, 3.8) is 0 Å². The smallest absolute Gasteiger partial charge is 0.340 e. The summed E-state index contributed by atoms with van der Waals surface area (Å²) < 4.78 is 0. The number of aliphatic imine (C=N–C) groups is 1. The average molecular weight is 474 g/mol. The monoisotopic (exact) mass is 473 g/mol. The second-order valence-corrected chi connectivity index (χ2v) is 8.75. The van der Waals surface area contributed by atoms with Gasteiger partial charge in [0.05, 0.1) is 17.9 Å². The van der Waals surface area contributed by atoms with Crippen LogP contribution in [-0.4, -0.2) is 58.4 Å². The van der Waals surface area contributed by atoms with Crippen molar-refractivity contribution >= 4 is 47.0 Å². The lowest BCUT2D eigenvalue weighted by Gasteiger charge is -2.24. The second kappa shape index (κ2) is 13.0. The van der Waals surface area contributed by atoms with Crippen molar-refractivity contribution in [2.75, 3.05) is 31.3 Å². The number of amides is 2. The van der Waals surface area contributed by atoms with E-state index in [9.17, 15) is 9.70 Å². The molecule has 2 aliphatic heterocycles. The molecule has 3 aliphatic rings. The van der Waals surface area contributed by atoms with Crippen LogP contribution >= 0.6 is 35.8 Å². The van der Waals surface area contributed by atoms with Gasteiger partial charge in [-0.2, -0.15) is 5.01 Å². The van der Waals surface area contributed by atoms with Gasteiger partial charge in [0.1, 0.15) is 0 Å². The third kappa shape index (κ3) is 7.03. The van der Waals surface area contributed by atoms with Gasteiger partial charge in [-0.25, -0.2) is 4.79 Å². The van der Waals surface area contributed by atoms with Gasteiger partial charge in [-0.1, -0.05) is 61.4 Å². The molecule has 0 unspecified atom stereocenters. The Morgan fingerprint density at radius 3 is 2.63 bits per heavy atom. The molecule has 2 amide bonds. The Morgan fingerprint density at radius 1 is 1.27 bits per heavy atom. The van der Waals surface area contributed by atoms with Gasteiger partial charge in [-0.15, -0.1) is 28.9 Å². The fourth-order valence-corrected chi connectivity index (χ4v) is 4.92. The van der Waals surface area contributed by atoms with E-state index >= 15 is 0 Å². The molecular formula is C20H29Cl2N5O2S. The number of halogens is 2. The van der Waals surface area contributed by atoms with Crippen molar-refractivity contribution in [1.82, 2.24) is 15.2 Å². The van der Waals surface area contributed by atoms with Crippen LogP contribution in [0.25, 0.3) is 0 Å². The third-order valence-electron chi connectivity index (χ3n) is 5.27. The highest BCUT2D eigenvalue weighted by atomic mass is 35.5. The van der Waals surface area contributed by atoms with E-state index in [0.717, 1.165) is 37.2 Å². The Morgan fingerprint density at radius 2 is 2.00 bits per heavy atom. The first-order valence-corrected chi connectivity index (χ1v) is 11.7. The van der Waals surface area contributed by atoms with Crippen molar-refractivity contribution in [1.29, 1.82) is 0 Å². The van der Waals surface area contributed by atoms with Gasteiger partial charge in [0.2, 0.25) is 0 Å². The number of hydrogen-bond acceptors (Lipinski definition) is 6. The summed E-state index contributed by atoms with van der Waals surface area (Å²) in [5.74, 6) is 1.42. The molecule has 1 N–H and O–H groups in total. The quantitative estimate of drug-likeness (QED) is 0.377. The fraction of sp³-hybridized carbons (Fsp3) is 0.600. The number of nitrogens with zero attached hydrogens (tertiary/aromatic N) is 4. The van der Waals surface area contributed by atoms with Gasteiger partial charge < -0.3 is 10.2 Å². The Kier molecular flexibility index (Phi) is 10.7. The van der Waals surface area contributed by atoms with Gasteiger partial charge in [-0.3, -0.25) is 4.99 Å². The van der Waals surface area contributed by atoms with Crippen LogP contribution < -0.4 is 5.32 Å². The number of amidine groups is 1. The highest BCUT2D eigenvalue weighted by molar-refractivity contribution is 8.14. The first kappa shape index (κ1) is 24.8. The van der Waals surface area contributed by atoms with Crippen LogP contribution in [0.3, 0.4) is 0 Å². The molecule has 1 aromatic carbocycles. The number of carbonyl (C=O) groups is 1. The minimum Gasteiger partial charge on any atom is -0.348 e. The van der Waals surface area contributed by atoms with Crippen molar-refractivity contribution < 1.29 is 4.79 Å². The number of carbonyl (C=O) groups excluding carboxylic acids is 1. The van der Waals surface area contributed by atoms with E-state index in [2.05, 4.69) is 45.8 Å². The number of alkyl halides is 1. The number of urea groups is 1. The molecule has 0 aromatic heterocycles. The summed E-state index contributed by atoms with van der Waals surface area (Å²) in [5, 5.41) is 7.50. The Labute approximate surface area is 193 Å². The molecule has 0 spiro atoms. The van der Waals surface area contributed by atoms with Gasteiger partial charge in [0, 0.05) is 30.8 Å². The van der Waals surface area contributed by atoms with E-state index in [1.165, 1.54) is 29.4 Å². The van der Waals surface area contributed by atoms with E-state index < -0.39 is 6.03 Å². The van der Waals surface area contributed by atoms with Crippen LogP contribution in [0.2, 0.25) is 0 Å². The molecule has 4 rings (SSSR count). The number of rotatable bonds is 5. The molecule has 1 atom stereocenters. The molecular weight excluding hydrogens is 445 g/mol. The highest BCUT2D eigenvalue weighted by Crippen LogP contribution is 2.31. The fourth-order valence-electron chi connectivity index (χ4n) is 3.72. The number of fused-ring (bicyclic) bond motifs is 1. The molecule has 166 valence electrons. The predicted octanol–water partition coefficient (Wildman–Crippen LogP) is 4.82. The molecule has 2 fully saturated rings.